The van der Waals surface area contributed by atoms with Crippen LogP contribution in [-0.2, 0) is 4.74 Å². The van der Waals surface area contributed by atoms with Crippen molar-refractivity contribution < 1.29 is 4.74 Å². The van der Waals surface area contributed by atoms with Gasteiger partial charge in [-0.15, -0.1) is 0 Å². The van der Waals surface area contributed by atoms with Crippen LogP contribution in [0.15, 0.2) is 36.5 Å². The molecule has 1 aromatic heterocycles. The van der Waals surface area contributed by atoms with Gasteiger partial charge in [-0.2, -0.15) is 0 Å². The van der Waals surface area contributed by atoms with Crippen LogP contribution in [0.5, 0.6) is 0 Å². The van der Waals surface area contributed by atoms with Crippen LogP contribution < -0.4 is 5.32 Å². The molecule has 0 aliphatic carbocycles. The normalized spacial score (nSPS) is 20.8. The van der Waals surface area contributed by atoms with E-state index in [4.69, 9.17) is 4.74 Å². The largest absolute Gasteiger partial charge is 0.376 e. The van der Waals surface area contributed by atoms with Crippen LogP contribution >= 0.6 is 0 Å². The number of pyridine rings is 1. The van der Waals surface area contributed by atoms with Gasteiger partial charge in [-0.05, 0) is 31.0 Å². The van der Waals surface area contributed by atoms with Gasteiger partial charge in [0.1, 0.15) is 0 Å². The molecule has 1 aliphatic heterocycles. The summed E-state index contributed by atoms with van der Waals surface area (Å²) in [4.78, 5) is 4.56. The minimum Gasteiger partial charge on any atom is -0.376 e. The molecular formula is C16H20N2O. The Morgan fingerprint density at radius 2 is 2.26 bits per heavy atom. The molecule has 19 heavy (non-hydrogen) atoms. The Kier molecular flexibility index (Phi) is 3.76. The zero-order chi connectivity index (χ0) is 13.1. The molecular weight excluding hydrogens is 236 g/mol. The molecule has 1 fully saturated rings. The molecule has 3 nitrogen and oxygen atoms in total. The fourth-order valence-corrected chi connectivity index (χ4v) is 2.91. The van der Waals surface area contributed by atoms with E-state index < -0.39 is 0 Å². The lowest BCUT2D eigenvalue weighted by molar-refractivity contribution is 0.0792. The molecule has 2 atom stereocenters. The summed E-state index contributed by atoms with van der Waals surface area (Å²) in [6.45, 7) is 3.96. The quantitative estimate of drug-likeness (QED) is 0.913. The summed E-state index contributed by atoms with van der Waals surface area (Å²) in [6.07, 6.45) is 4.42. The smallest absolute Gasteiger partial charge is 0.0771 e. The van der Waals surface area contributed by atoms with Crippen LogP contribution in [0, 0.1) is 0 Å². The number of para-hydroxylation sites is 1. The summed E-state index contributed by atoms with van der Waals surface area (Å²) in [5, 5.41) is 4.76. The number of fused-ring (bicyclic) bond motifs is 1. The zero-order valence-electron chi connectivity index (χ0n) is 11.3. The number of likely N-dealkylation sites (N-methyl/N-ethyl adjacent to an activating group) is 1. The maximum atomic E-state index is 5.88. The minimum atomic E-state index is 0.242. The van der Waals surface area contributed by atoms with E-state index in [1.165, 1.54) is 10.9 Å². The summed E-state index contributed by atoms with van der Waals surface area (Å²) >= 11 is 0. The van der Waals surface area contributed by atoms with Crippen LogP contribution in [-0.4, -0.2) is 24.2 Å². The summed E-state index contributed by atoms with van der Waals surface area (Å²) in [5.41, 5.74) is 2.35. The Balaban J connectivity index is 2.03. The molecule has 0 bridgehead atoms. The van der Waals surface area contributed by atoms with Gasteiger partial charge in [0.25, 0.3) is 0 Å². The lowest BCUT2D eigenvalue weighted by atomic mass is 9.96. The predicted octanol–water partition coefficient (Wildman–Crippen LogP) is 3.06. The van der Waals surface area contributed by atoms with E-state index in [9.17, 15) is 0 Å². The van der Waals surface area contributed by atoms with Gasteiger partial charge >= 0.3 is 0 Å². The van der Waals surface area contributed by atoms with Crippen molar-refractivity contribution in [2.24, 2.45) is 0 Å². The number of benzene rings is 1. The standard InChI is InChI=1S/C16H20N2O/c1-2-17-16(14-9-5-11-19-14)13-8-3-6-12-7-4-10-18-15(12)13/h3-4,6-8,10,14,16-17H,2,5,9,11H2,1H3. The van der Waals surface area contributed by atoms with Crippen molar-refractivity contribution in [2.45, 2.75) is 31.9 Å². The van der Waals surface area contributed by atoms with Crippen LogP contribution in [0.1, 0.15) is 31.4 Å². The SMILES string of the molecule is CCNC(c1cccc2cccnc12)C1CCCO1. The van der Waals surface area contributed by atoms with Gasteiger partial charge in [0, 0.05) is 18.2 Å². The monoisotopic (exact) mass is 256 g/mol. The lowest BCUT2D eigenvalue weighted by Gasteiger charge is -2.25. The second-order valence-electron chi connectivity index (χ2n) is 5.01. The van der Waals surface area contributed by atoms with Gasteiger partial charge in [-0.25, -0.2) is 0 Å². The molecule has 0 radical (unpaired) electrons. The summed E-state index contributed by atoms with van der Waals surface area (Å²) in [6, 6.07) is 10.7. The zero-order valence-corrected chi connectivity index (χ0v) is 11.3. The summed E-state index contributed by atoms with van der Waals surface area (Å²) < 4.78 is 5.88. The third kappa shape index (κ3) is 2.48. The van der Waals surface area contributed by atoms with E-state index in [0.29, 0.717) is 0 Å². The molecule has 2 heterocycles. The van der Waals surface area contributed by atoms with Crippen molar-refractivity contribution in [3.05, 3.63) is 42.1 Å². The molecule has 2 unspecified atom stereocenters. The number of nitrogens with one attached hydrogen (secondary N) is 1. The van der Waals surface area contributed by atoms with E-state index in [1.807, 2.05) is 12.3 Å². The number of hydrogen-bond acceptors (Lipinski definition) is 3. The van der Waals surface area contributed by atoms with Crippen molar-refractivity contribution in [1.29, 1.82) is 0 Å². The van der Waals surface area contributed by atoms with Gasteiger partial charge in [0.15, 0.2) is 0 Å². The van der Waals surface area contributed by atoms with Gasteiger partial charge in [0.05, 0.1) is 17.7 Å². The molecule has 100 valence electrons. The maximum absolute atomic E-state index is 5.88. The molecule has 1 N–H and O–H groups in total. The van der Waals surface area contributed by atoms with Gasteiger partial charge in [-0.3, -0.25) is 4.98 Å². The number of aromatic nitrogens is 1. The molecule has 3 rings (SSSR count). The third-order valence-electron chi connectivity index (χ3n) is 3.76. The van der Waals surface area contributed by atoms with Crippen LogP contribution in [0.4, 0.5) is 0 Å². The highest BCUT2D eigenvalue weighted by Crippen LogP contribution is 2.30. The molecule has 0 amide bonds. The first kappa shape index (κ1) is 12.6. The van der Waals surface area contributed by atoms with Crippen molar-refractivity contribution in [3.63, 3.8) is 0 Å². The van der Waals surface area contributed by atoms with Crippen molar-refractivity contribution in [2.75, 3.05) is 13.2 Å². The second-order valence-corrected chi connectivity index (χ2v) is 5.01. The van der Waals surface area contributed by atoms with Gasteiger partial charge in [0.2, 0.25) is 0 Å². The molecule has 1 saturated heterocycles. The summed E-state index contributed by atoms with van der Waals surface area (Å²) in [7, 11) is 0. The fraction of sp³-hybridized carbons (Fsp3) is 0.438. The fourth-order valence-electron chi connectivity index (χ4n) is 2.91. The first-order chi connectivity index (χ1) is 9.40. The Bertz CT molecular complexity index is 544. The topological polar surface area (TPSA) is 34.2 Å². The van der Waals surface area contributed by atoms with E-state index in [-0.39, 0.29) is 12.1 Å². The number of hydrogen-bond donors (Lipinski definition) is 1. The van der Waals surface area contributed by atoms with Crippen molar-refractivity contribution in [3.8, 4) is 0 Å². The Labute approximate surface area is 114 Å². The molecule has 0 saturated carbocycles. The molecule has 3 heteroatoms. The van der Waals surface area contributed by atoms with E-state index in [0.717, 1.165) is 31.5 Å². The lowest BCUT2D eigenvalue weighted by Crippen LogP contribution is -2.31. The van der Waals surface area contributed by atoms with Gasteiger partial charge < -0.3 is 10.1 Å². The molecule has 2 aromatic rings. The first-order valence-corrected chi connectivity index (χ1v) is 7.09. The Morgan fingerprint density at radius 1 is 1.37 bits per heavy atom. The van der Waals surface area contributed by atoms with Crippen molar-refractivity contribution >= 4 is 10.9 Å². The van der Waals surface area contributed by atoms with Crippen LogP contribution in [0.2, 0.25) is 0 Å². The second kappa shape index (κ2) is 5.68. The highest BCUT2D eigenvalue weighted by molar-refractivity contribution is 5.82. The third-order valence-corrected chi connectivity index (χ3v) is 3.76. The van der Waals surface area contributed by atoms with E-state index in [2.05, 4.69) is 41.5 Å². The number of nitrogens with zero attached hydrogens (tertiary/aromatic N) is 1. The van der Waals surface area contributed by atoms with Crippen LogP contribution in [0.3, 0.4) is 0 Å². The predicted molar refractivity (Wildman–Crippen MR) is 77.1 cm³/mol. The average Bonchev–Trinajstić information content (AvgIpc) is 2.98. The van der Waals surface area contributed by atoms with Crippen LogP contribution in [0.25, 0.3) is 10.9 Å². The number of rotatable bonds is 4. The minimum absolute atomic E-state index is 0.242. The highest BCUT2D eigenvalue weighted by Gasteiger charge is 2.27. The maximum Gasteiger partial charge on any atom is 0.0771 e. The molecule has 1 aliphatic rings. The van der Waals surface area contributed by atoms with Gasteiger partial charge in [-0.1, -0.05) is 31.2 Å². The molecule has 1 aromatic carbocycles. The first-order valence-electron chi connectivity index (χ1n) is 7.09. The summed E-state index contributed by atoms with van der Waals surface area (Å²) in [5.74, 6) is 0. The van der Waals surface area contributed by atoms with E-state index in [1.54, 1.807) is 0 Å². The Hall–Kier alpha value is -1.45. The molecule has 0 spiro atoms. The number of ether oxygens (including phenoxy) is 1. The highest BCUT2D eigenvalue weighted by atomic mass is 16.5. The average molecular weight is 256 g/mol. The Morgan fingerprint density at radius 3 is 3.05 bits per heavy atom. The van der Waals surface area contributed by atoms with E-state index >= 15 is 0 Å². The van der Waals surface area contributed by atoms with Crippen molar-refractivity contribution in [1.82, 2.24) is 10.3 Å².